The lowest BCUT2D eigenvalue weighted by atomic mass is 10.2. The molecule has 2 heteroatoms. The minimum Gasteiger partial charge on any atom is -0.462 e. The van der Waals surface area contributed by atoms with Crippen LogP contribution in [-0.4, -0.2) is 4.57 Å². The monoisotopic (exact) mass is 195 g/mol. The van der Waals surface area contributed by atoms with Crippen molar-refractivity contribution in [3.8, 4) is 11.5 Å². The summed E-state index contributed by atoms with van der Waals surface area (Å²) in [5.41, 5.74) is 3.78. The van der Waals surface area contributed by atoms with Crippen molar-refractivity contribution in [3.05, 3.63) is 48.2 Å². The summed E-state index contributed by atoms with van der Waals surface area (Å²) in [7, 11) is 0. The molecule has 1 aromatic carbocycles. The number of benzene rings is 1. The summed E-state index contributed by atoms with van der Waals surface area (Å²) < 4.78 is 7.82. The van der Waals surface area contributed by atoms with Gasteiger partial charge in [-0.3, -0.25) is 0 Å². The first kappa shape index (κ1) is 7.35. The molecule has 0 radical (unpaired) electrons. The van der Waals surface area contributed by atoms with Crippen molar-refractivity contribution >= 4 is 10.9 Å². The maximum atomic E-state index is 5.51. The first-order valence-electron chi connectivity index (χ1n) is 5.08. The predicted octanol–water partition coefficient (Wildman–Crippen LogP) is 3.26. The van der Waals surface area contributed by atoms with Crippen molar-refractivity contribution in [2.45, 2.75) is 6.54 Å². The molecule has 1 aliphatic rings. The molecule has 0 bridgehead atoms. The maximum absolute atomic E-state index is 5.51. The molecule has 2 aromatic heterocycles. The van der Waals surface area contributed by atoms with E-state index in [4.69, 9.17) is 4.42 Å². The normalized spacial score (nSPS) is 13.1. The molecule has 0 aliphatic carbocycles. The minimum absolute atomic E-state index is 0.939. The van der Waals surface area contributed by atoms with E-state index in [9.17, 15) is 0 Å². The van der Waals surface area contributed by atoms with E-state index in [0.717, 1.165) is 12.3 Å². The van der Waals surface area contributed by atoms with Gasteiger partial charge in [0, 0.05) is 16.5 Å². The van der Waals surface area contributed by atoms with Crippen molar-refractivity contribution < 1.29 is 4.42 Å². The van der Waals surface area contributed by atoms with Gasteiger partial charge >= 0.3 is 0 Å². The van der Waals surface area contributed by atoms with Crippen molar-refractivity contribution in [2.24, 2.45) is 0 Å². The summed E-state index contributed by atoms with van der Waals surface area (Å²) in [6.45, 7) is 0.939. The second-order valence-electron chi connectivity index (χ2n) is 3.95. The number of nitrogens with zero attached hydrogens (tertiary/aromatic N) is 1. The number of hydrogen-bond donors (Lipinski definition) is 0. The SMILES string of the molecule is c1ccc2c(c1)cc1n2Cc2ccoc2-1. The summed E-state index contributed by atoms with van der Waals surface area (Å²) in [6, 6.07) is 12.7. The van der Waals surface area contributed by atoms with Gasteiger partial charge in [0.2, 0.25) is 0 Å². The van der Waals surface area contributed by atoms with E-state index < -0.39 is 0 Å². The smallest absolute Gasteiger partial charge is 0.155 e. The molecule has 72 valence electrons. The van der Waals surface area contributed by atoms with E-state index >= 15 is 0 Å². The van der Waals surface area contributed by atoms with Crippen molar-refractivity contribution in [2.75, 3.05) is 0 Å². The third-order valence-electron chi connectivity index (χ3n) is 3.12. The molecule has 0 amide bonds. The van der Waals surface area contributed by atoms with Gasteiger partial charge in [-0.25, -0.2) is 0 Å². The second-order valence-corrected chi connectivity index (χ2v) is 3.95. The van der Waals surface area contributed by atoms with Gasteiger partial charge in [0.05, 0.1) is 18.5 Å². The zero-order valence-corrected chi connectivity index (χ0v) is 8.10. The van der Waals surface area contributed by atoms with Crippen molar-refractivity contribution in [3.63, 3.8) is 0 Å². The van der Waals surface area contributed by atoms with Crippen LogP contribution in [0.25, 0.3) is 22.4 Å². The fraction of sp³-hybridized carbons (Fsp3) is 0.0769. The molecule has 4 rings (SSSR count). The van der Waals surface area contributed by atoms with Crippen LogP contribution in [0.1, 0.15) is 5.56 Å². The number of aromatic nitrogens is 1. The molecular weight excluding hydrogens is 186 g/mol. The largest absolute Gasteiger partial charge is 0.462 e. The maximum Gasteiger partial charge on any atom is 0.155 e. The van der Waals surface area contributed by atoms with Crippen LogP contribution in [0.5, 0.6) is 0 Å². The lowest BCUT2D eigenvalue weighted by Crippen LogP contribution is -1.91. The van der Waals surface area contributed by atoms with E-state index in [1.807, 2.05) is 0 Å². The molecule has 3 heterocycles. The van der Waals surface area contributed by atoms with E-state index in [-0.39, 0.29) is 0 Å². The third kappa shape index (κ3) is 0.796. The van der Waals surface area contributed by atoms with Crippen LogP contribution in [0.3, 0.4) is 0 Å². The minimum atomic E-state index is 0.939. The van der Waals surface area contributed by atoms with Gasteiger partial charge < -0.3 is 8.98 Å². The molecule has 1 aliphatic heterocycles. The van der Waals surface area contributed by atoms with Gasteiger partial charge in [-0.05, 0) is 18.2 Å². The third-order valence-corrected chi connectivity index (χ3v) is 3.12. The van der Waals surface area contributed by atoms with Crippen LogP contribution in [0.2, 0.25) is 0 Å². The molecule has 0 N–H and O–H groups in total. The Labute approximate surface area is 86.7 Å². The fourth-order valence-electron chi connectivity index (χ4n) is 2.42. The molecule has 0 spiro atoms. The highest BCUT2D eigenvalue weighted by atomic mass is 16.3. The summed E-state index contributed by atoms with van der Waals surface area (Å²) in [5.74, 6) is 1.03. The van der Waals surface area contributed by atoms with E-state index in [2.05, 4.69) is 41.0 Å². The number of para-hydroxylation sites is 1. The topological polar surface area (TPSA) is 18.1 Å². The first-order valence-corrected chi connectivity index (χ1v) is 5.08. The van der Waals surface area contributed by atoms with Gasteiger partial charge in [-0.15, -0.1) is 0 Å². The summed E-state index contributed by atoms with van der Waals surface area (Å²) in [5, 5.41) is 1.29. The van der Waals surface area contributed by atoms with Crippen molar-refractivity contribution in [1.82, 2.24) is 4.57 Å². The van der Waals surface area contributed by atoms with Crippen LogP contribution in [0.15, 0.2) is 47.1 Å². The van der Waals surface area contributed by atoms with E-state index in [0.29, 0.717) is 0 Å². The molecule has 0 saturated heterocycles. The molecular formula is C13H9NO. The highest BCUT2D eigenvalue weighted by molar-refractivity contribution is 5.88. The van der Waals surface area contributed by atoms with Gasteiger partial charge in [0.15, 0.2) is 5.76 Å². The lowest BCUT2D eigenvalue weighted by molar-refractivity contribution is 0.581. The van der Waals surface area contributed by atoms with Crippen LogP contribution in [0.4, 0.5) is 0 Å². The van der Waals surface area contributed by atoms with Gasteiger partial charge in [0.1, 0.15) is 0 Å². The Morgan fingerprint density at radius 2 is 2.07 bits per heavy atom. The Morgan fingerprint density at radius 3 is 3.07 bits per heavy atom. The summed E-state index contributed by atoms with van der Waals surface area (Å²) in [4.78, 5) is 0. The lowest BCUT2D eigenvalue weighted by Gasteiger charge is -1.98. The molecule has 2 nitrogen and oxygen atoms in total. The standard InChI is InChI=1S/C13H9NO/c1-2-4-11-9(3-1)7-12-13-10(5-6-15-13)8-14(11)12/h1-7H,8H2. The molecule has 0 atom stereocenters. The number of furan rings is 1. The zero-order valence-electron chi connectivity index (χ0n) is 8.10. The summed E-state index contributed by atoms with van der Waals surface area (Å²) >= 11 is 0. The van der Waals surface area contributed by atoms with Gasteiger partial charge in [-0.2, -0.15) is 0 Å². The molecule has 3 aromatic rings. The predicted molar refractivity (Wildman–Crippen MR) is 58.7 cm³/mol. The van der Waals surface area contributed by atoms with Crippen LogP contribution >= 0.6 is 0 Å². The fourth-order valence-corrected chi connectivity index (χ4v) is 2.42. The molecule has 0 saturated carbocycles. The number of hydrogen-bond acceptors (Lipinski definition) is 1. The van der Waals surface area contributed by atoms with Crippen LogP contribution < -0.4 is 0 Å². The number of fused-ring (bicyclic) bond motifs is 5. The van der Waals surface area contributed by atoms with Crippen LogP contribution in [-0.2, 0) is 6.54 Å². The number of rotatable bonds is 0. The Morgan fingerprint density at radius 1 is 1.13 bits per heavy atom. The van der Waals surface area contributed by atoms with Gasteiger partial charge in [-0.1, -0.05) is 18.2 Å². The van der Waals surface area contributed by atoms with Gasteiger partial charge in [0.25, 0.3) is 0 Å². The molecule has 15 heavy (non-hydrogen) atoms. The highest BCUT2D eigenvalue weighted by Crippen LogP contribution is 2.37. The average molecular weight is 195 g/mol. The van der Waals surface area contributed by atoms with E-state index in [1.54, 1.807) is 6.26 Å². The second kappa shape index (κ2) is 2.34. The molecule has 0 fully saturated rings. The Kier molecular flexibility index (Phi) is 1.15. The first-order chi connectivity index (χ1) is 7.43. The Balaban J connectivity index is 2.15. The Hall–Kier alpha value is -1.96. The van der Waals surface area contributed by atoms with E-state index in [1.165, 1.54) is 22.2 Å². The van der Waals surface area contributed by atoms with Crippen LogP contribution in [0, 0.1) is 0 Å². The molecule has 0 unspecified atom stereocenters. The average Bonchev–Trinajstić information content (AvgIpc) is 2.87. The quantitative estimate of drug-likeness (QED) is 0.421. The summed E-state index contributed by atoms with van der Waals surface area (Å²) in [6.07, 6.45) is 1.77. The highest BCUT2D eigenvalue weighted by Gasteiger charge is 2.23. The van der Waals surface area contributed by atoms with Crippen molar-refractivity contribution in [1.29, 1.82) is 0 Å². The Bertz CT molecular complexity index is 660. The zero-order chi connectivity index (χ0) is 9.83.